The van der Waals surface area contributed by atoms with Gasteiger partial charge in [-0.25, -0.2) is 10.5 Å². The van der Waals surface area contributed by atoms with Gasteiger partial charge in [-0.1, -0.05) is 39.8 Å². The number of hydrogen-bond donors (Lipinski definition) is 3. The van der Waals surface area contributed by atoms with Gasteiger partial charge < -0.3 is 5.11 Å². The minimum atomic E-state index is 0.224. The zero-order valence-electron chi connectivity index (χ0n) is 12.5. The van der Waals surface area contributed by atoms with Gasteiger partial charge in [0.25, 0.3) is 0 Å². The lowest BCUT2D eigenvalue weighted by Gasteiger charge is -1.98. The minimum Gasteiger partial charge on any atom is -0.508 e. The average Bonchev–Trinajstić information content (AvgIpc) is 3.03. The Labute approximate surface area is 151 Å². The Kier molecular flexibility index (Phi) is 5.50. The third kappa shape index (κ3) is 4.84. The maximum atomic E-state index is 9.22. The first kappa shape index (κ1) is 16.5. The molecular weight excluding hydrogens is 390 g/mol. The van der Waals surface area contributed by atoms with Crippen LogP contribution in [-0.4, -0.2) is 26.5 Å². The summed E-state index contributed by atoms with van der Waals surface area (Å²) in [5.74, 6) is 1.48. The average molecular weight is 404 g/mol. The van der Waals surface area contributed by atoms with Crippen molar-refractivity contribution < 1.29 is 5.11 Å². The third-order valence-corrected chi connectivity index (χ3v) is 4.41. The highest BCUT2D eigenvalue weighted by Gasteiger charge is 2.04. The predicted molar refractivity (Wildman–Crippen MR) is 99.4 cm³/mol. The van der Waals surface area contributed by atoms with E-state index < -0.39 is 0 Å². The number of halogens is 1. The number of phenolic OH excluding ortho intramolecular Hbond substituents is 1. The van der Waals surface area contributed by atoms with Crippen LogP contribution in [0, 0.1) is 0 Å². The molecule has 0 amide bonds. The van der Waals surface area contributed by atoms with Crippen LogP contribution in [0.25, 0.3) is 0 Å². The molecule has 0 spiro atoms. The van der Waals surface area contributed by atoms with Crippen LogP contribution in [0.5, 0.6) is 5.75 Å². The van der Waals surface area contributed by atoms with Gasteiger partial charge in [-0.05, 0) is 47.5 Å². The minimum absolute atomic E-state index is 0.224. The van der Waals surface area contributed by atoms with Gasteiger partial charge in [-0.2, -0.15) is 10.1 Å². The van der Waals surface area contributed by atoms with Gasteiger partial charge in [0.15, 0.2) is 0 Å². The molecule has 0 aliphatic rings. The smallest absolute Gasteiger partial charge is 0.240 e. The molecule has 0 saturated carbocycles. The van der Waals surface area contributed by atoms with Crippen molar-refractivity contribution in [2.24, 2.45) is 5.10 Å². The molecule has 1 aromatic heterocycles. The van der Waals surface area contributed by atoms with Crippen molar-refractivity contribution in [3.05, 3.63) is 64.1 Å². The topological polar surface area (TPSA) is 86.2 Å². The molecule has 0 aliphatic carbocycles. The Morgan fingerprint density at radius 2 is 2.08 bits per heavy atom. The van der Waals surface area contributed by atoms with Crippen molar-refractivity contribution in [2.75, 3.05) is 5.43 Å². The van der Waals surface area contributed by atoms with Gasteiger partial charge in [0.1, 0.15) is 5.75 Å². The maximum absolute atomic E-state index is 9.22. The van der Waals surface area contributed by atoms with Crippen molar-refractivity contribution in [2.45, 2.75) is 10.9 Å². The monoisotopic (exact) mass is 403 g/mol. The van der Waals surface area contributed by atoms with Crippen LogP contribution in [0.1, 0.15) is 11.1 Å². The number of H-pyrrole nitrogens is 1. The van der Waals surface area contributed by atoms with E-state index in [1.165, 1.54) is 5.56 Å². The highest BCUT2D eigenvalue weighted by Crippen LogP contribution is 2.21. The summed E-state index contributed by atoms with van der Waals surface area (Å²) in [6, 6.07) is 14.9. The number of aromatic amines is 1. The molecule has 6 nitrogen and oxygen atoms in total. The molecule has 2 aromatic carbocycles. The molecular formula is C16H14BrN5OS. The normalized spacial score (nSPS) is 11.0. The number of thioether (sulfide) groups is 1. The highest BCUT2D eigenvalue weighted by atomic mass is 79.9. The van der Waals surface area contributed by atoms with Crippen molar-refractivity contribution in [3.63, 3.8) is 0 Å². The molecule has 8 heteroatoms. The van der Waals surface area contributed by atoms with Gasteiger partial charge >= 0.3 is 0 Å². The molecule has 0 radical (unpaired) electrons. The number of hydrazone groups is 1. The van der Waals surface area contributed by atoms with Gasteiger partial charge in [0.05, 0.1) is 6.21 Å². The first-order chi connectivity index (χ1) is 11.7. The molecule has 122 valence electrons. The van der Waals surface area contributed by atoms with E-state index in [4.69, 9.17) is 0 Å². The molecule has 3 N–H and O–H groups in total. The van der Waals surface area contributed by atoms with E-state index in [9.17, 15) is 5.11 Å². The Balaban J connectivity index is 1.52. The maximum Gasteiger partial charge on any atom is 0.240 e. The van der Waals surface area contributed by atoms with E-state index in [-0.39, 0.29) is 5.75 Å². The van der Waals surface area contributed by atoms with Crippen LogP contribution in [0.15, 0.2) is 63.3 Å². The largest absolute Gasteiger partial charge is 0.508 e. The van der Waals surface area contributed by atoms with Gasteiger partial charge in [0.2, 0.25) is 11.1 Å². The number of hydrogen-bond acceptors (Lipinski definition) is 6. The molecule has 0 aliphatic heterocycles. The van der Waals surface area contributed by atoms with Crippen molar-refractivity contribution in [1.29, 1.82) is 0 Å². The first-order valence-corrected chi connectivity index (χ1v) is 8.85. The summed E-state index contributed by atoms with van der Waals surface area (Å²) in [5, 5.41) is 20.9. The van der Waals surface area contributed by atoms with Crippen LogP contribution in [0.4, 0.5) is 5.95 Å². The van der Waals surface area contributed by atoms with Crippen LogP contribution in [0.3, 0.4) is 0 Å². The Bertz CT molecular complexity index is 834. The Morgan fingerprint density at radius 1 is 1.25 bits per heavy atom. The zero-order valence-corrected chi connectivity index (χ0v) is 14.9. The van der Waals surface area contributed by atoms with Crippen molar-refractivity contribution >= 4 is 39.9 Å². The molecule has 0 saturated heterocycles. The van der Waals surface area contributed by atoms with E-state index in [0.717, 1.165) is 15.8 Å². The lowest BCUT2D eigenvalue weighted by atomic mass is 10.2. The van der Waals surface area contributed by atoms with E-state index in [2.05, 4.69) is 53.8 Å². The number of nitrogens with one attached hydrogen (secondary N) is 2. The fourth-order valence-corrected chi connectivity index (χ4v) is 3.05. The SMILES string of the molecule is Oc1ccc(/C=N\Nc2nc(SCc3cccc(Br)c3)n[nH]2)cc1. The second-order valence-corrected chi connectivity index (χ2v) is 6.70. The Morgan fingerprint density at radius 3 is 2.88 bits per heavy atom. The number of benzene rings is 2. The highest BCUT2D eigenvalue weighted by molar-refractivity contribution is 9.10. The summed E-state index contributed by atoms with van der Waals surface area (Å²) < 4.78 is 1.06. The standard InChI is InChI=1S/C16H14BrN5OS/c17-13-3-1-2-12(8-13)10-24-16-19-15(21-22-16)20-18-9-11-4-6-14(23)7-5-11/h1-9,23H,10H2,(H2,19,20,21,22)/b18-9-. The lowest BCUT2D eigenvalue weighted by Crippen LogP contribution is -1.92. The summed E-state index contributed by atoms with van der Waals surface area (Å²) in [7, 11) is 0. The number of aromatic nitrogens is 3. The van der Waals surface area contributed by atoms with Crippen molar-refractivity contribution in [1.82, 2.24) is 15.2 Å². The number of anilines is 1. The van der Waals surface area contributed by atoms with Gasteiger partial charge in [-0.15, -0.1) is 5.10 Å². The number of aromatic hydroxyl groups is 1. The molecule has 0 atom stereocenters. The zero-order chi connectivity index (χ0) is 16.8. The summed E-state index contributed by atoms with van der Waals surface area (Å²) >= 11 is 5.00. The molecule has 3 aromatic rings. The van der Waals surface area contributed by atoms with Crippen LogP contribution >= 0.6 is 27.7 Å². The summed E-state index contributed by atoms with van der Waals surface area (Å²) in [6.45, 7) is 0. The molecule has 24 heavy (non-hydrogen) atoms. The van der Waals surface area contributed by atoms with E-state index in [1.54, 1.807) is 42.2 Å². The molecule has 1 heterocycles. The van der Waals surface area contributed by atoms with Crippen molar-refractivity contribution in [3.8, 4) is 5.75 Å². The summed E-state index contributed by atoms with van der Waals surface area (Å²) in [5.41, 5.74) is 4.85. The quantitative estimate of drug-likeness (QED) is 0.328. The third-order valence-electron chi connectivity index (χ3n) is 3.00. The fourth-order valence-electron chi connectivity index (χ4n) is 1.86. The van der Waals surface area contributed by atoms with Crippen LogP contribution < -0.4 is 5.43 Å². The lowest BCUT2D eigenvalue weighted by molar-refractivity contribution is 0.475. The van der Waals surface area contributed by atoms with Gasteiger partial charge in [0, 0.05) is 10.2 Å². The molecule has 3 rings (SSSR count). The number of nitrogens with zero attached hydrogens (tertiary/aromatic N) is 3. The summed E-state index contributed by atoms with van der Waals surface area (Å²) in [6.07, 6.45) is 1.64. The van der Waals surface area contributed by atoms with E-state index in [1.807, 2.05) is 12.1 Å². The second kappa shape index (κ2) is 7.98. The first-order valence-electron chi connectivity index (χ1n) is 7.07. The molecule has 0 fully saturated rings. The molecule has 0 unspecified atom stereocenters. The Hall–Kier alpha value is -2.32. The number of rotatable bonds is 6. The summed E-state index contributed by atoms with van der Waals surface area (Å²) in [4.78, 5) is 4.31. The molecule has 0 bridgehead atoms. The fraction of sp³-hybridized carbons (Fsp3) is 0.0625. The van der Waals surface area contributed by atoms with Crippen LogP contribution in [0.2, 0.25) is 0 Å². The second-order valence-electron chi connectivity index (χ2n) is 4.85. The van der Waals surface area contributed by atoms with E-state index >= 15 is 0 Å². The van der Waals surface area contributed by atoms with Gasteiger partial charge in [-0.3, -0.25) is 0 Å². The van der Waals surface area contributed by atoms with Crippen LogP contribution in [-0.2, 0) is 5.75 Å². The number of phenols is 1. The van der Waals surface area contributed by atoms with E-state index in [0.29, 0.717) is 11.1 Å². The predicted octanol–water partition coefficient (Wildman–Crippen LogP) is 4.01.